The van der Waals surface area contributed by atoms with Gasteiger partial charge in [-0.1, -0.05) is 0 Å². The van der Waals surface area contributed by atoms with Crippen molar-refractivity contribution in [2.24, 2.45) is 0 Å². The topological polar surface area (TPSA) is 3.24 Å². The summed E-state index contributed by atoms with van der Waals surface area (Å²) in [6, 6.07) is 2.12. The Morgan fingerprint density at radius 3 is 2.56 bits per heavy atom. The third kappa shape index (κ3) is 1.44. The predicted molar refractivity (Wildman–Crippen MR) is 47.2 cm³/mol. The van der Waals surface area contributed by atoms with Gasteiger partial charge in [-0.05, 0) is 27.8 Å². The summed E-state index contributed by atoms with van der Waals surface area (Å²) in [6.45, 7) is 2.13. The first-order chi connectivity index (χ1) is 4.22. The SMILES string of the molecule is Cc1sccc1N(C)P. The summed E-state index contributed by atoms with van der Waals surface area (Å²) in [7, 11) is 4.66. The molecule has 1 aromatic heterocycles. The van der Waals surface area contributed by atoms with E-state index in [1.54, 1.807) is 11.3 Å². The van der Waals surface area contributed by atoms with Crippen molar-refractivity contribution < 1.29 is 0 Å². The molecule has 3 heteroatoms. The molecule has 0 aromatic carbocycles. The van der Waals surface area contributed by atoms with Gasteiger partial charge in [-0.3, -0.25) is 0 Å². The van der Waals surface area contributed by atoms with Crippen molar-refractivity contribution in [2.75, 3.05) is 11.7 Å². The van der Waals surface area contributed by atoms with Crippen LogP contribution in [0.4, 0.5) is 5.69 Å². The van der Waals surface area contributed by atoms with Gasteiger partial charge in [0.05, 0.1) is 5.69 Å². The molecular weight excluding hydrogens is 149 g/mol. The minimum Gasteiger partial charge on any atom is -0.358 e. The van der Waals surface area contributed by atoms with Gasteiger partial charge in [0.15, 0.2) is 0 Å². The predicted octanol–water partition coefficient (Wildman–Crippen LogP) is 2.28. The molecule has 0 N–H and O–H groups in total. The Bertz CT molecular complexity index is 195. The second kappa shape index (κ2) is 2.68. The monoisotopic (exact) mass is 159 g/mol. The van der Waals surface area contributed by atoms with Gasteiger partial charge in [-0.15, -0.1) is 11.3 Å². The van der Waals surface area contributed by atoms with Gasteiger partial charge in [0, 0.05) is 11.9 Å². The van der Waals surface area contributed by atoms with Crippen LogP contribution in [0.3, 0.4) is 0 Å². The number of anilines is 1. The van der Waals surface area contributed by atoms with Gasteiger partial charge >= 0.3 is 0 Å². The minimum atomic E-state index is 1.30. The molecule has 0 radical (unpaired) electrons. The van der Waals surface area contributed by atoms with E-state index in [2.05, 4.69) is 27.8 Å². The number of rotatable bonds is 1. The van der Waals surface area contributed by atoms with Gasteiger partial charge in [0.25, 0.3) is 0 Å². The van der Waals surface area contributed by atoms with E-state index in [0.29, 0.717) is 0 Å². The molecule has 0 amide bonds. The standard InChI is InChI=1S/C6H10NPS/c1-5-6(7(2)8)3-4-9-5/h3-4H,8H2,1-2H3. The zero-order valence-corrected chi connectivity index (χ0v) is 7.56. The van der Waals surface area contributed by atoms with Crippen LogP contribution in [-0.2, 0) is 0 Å². The Labute approximate surface area is 61.9 Å². The first-order valence-corrected chi connectivity index (χ1v) is 4.14. The molecule has 1 rings (SSSR count). The first kappa shape index (κ1) is 7.04. The summed E-state index contributed by atoms with van der Waals surface area (Å²) in [6.07, 6.45) is 0. The van der Waals surface area contributed by atoms with Crippen LogP contribution in [0.5, 0.6) is 0 Å². The van der Waals surface area contributed by atoms with Gasteiger partial charge in [0.1, 0.15) is 0 Å². The van der Waals surface area contributed by atoms with E-state index in [1.807, 2.05) is 11.7 Å². The summed E-state index contributed by atoms with van der Waals surface area (Å²) in [5, 5.41) is 2.10. The molecule has 0 saturated heterocycles. The maximum atomic E-state index is 2.64. The normalized spacial score (nSPS) is 9.67. The van der Waals surface area contributed by atoms with Gasteiger partial charge < -0.3 is 4.67 Å². The summed E-state index contributed by atoms with van der Waals surface area (Å²) in [4.78, 5) is 1.37. The highest BCUT2D eigenvalue weighted by Gasteiger charge is 1.98. The van der Waals surface area contributed by atoms with Crippen LogP contribution in [0.25, 0.3) is 0 Å². The van der Waals surface area contributed by atoms with Crippen molar-refractivity contribution in [3.05, 3.63) is 16.3 Å². The molecule has 0 aliphatic heterocycles. The van der Waals surface area contributed by atoms with Crippen LogP contribution >= 0.6 is 20.7 Å². The fourth-order valence-corrected chi connectivity index (χ4v) is 1.85. The minimum absolute atomic E-state index is 1.30. The van der Waals surface area contributed by atoms with Crippen molar-refractivity contribution >= 4 is 26.4 Å². The lowest BCUT2D eigenvalue weighted by molar-refractivity contribution is 1.35. The Morgan fingerprint density at radius 2 is 2.33 bits per heavy atom. The van der Waals surface area contributed by atoms with Crippen LogP contribution in [0.15, 0.2) is 11.4 Å². The number of hydrogen-bond acceptors (Lipinski definition) is 2. The van der Waals surface area contributed by atoms with Crippen molar-refractivity contribution in [1.29, 1.82) is 0 Å². The van der Waals surface area contributed by atoms with Crippen LogP contribution in [-0.4, -0.2) is 7.05 Å². The maximum absolute atomic E-state index is 2.64. The number of aryl methyl sites for hydroxylation is 1. The summed E-state index contributed by atoms with van der Waals surface area (Å²) < 4.78 is 2.05. The summed E-state index contributed by atoms with van der Waals surface area (Å²) in [5.41, 5.74) is 1.30. The molecule has 1 aromatic rings. The van der Waals surface area contributed by atoms with E-state index in [-0.39, 0.29) is 0 Å². The number of nitrogens with zero attached hydrogens (tertiary/aromatic N) is 1. The average molecular weight is 159 g/mol. The first-order valence-electron chi connectivity index (χ1n) is 2.74. The molecule has 0 saturated carbocycles. The molecule has 1 heterocycles. The molecule has 9 heavy (non-hydrogen) atoms. The Balaban J connectivity index is 2.94. The van der Waals surface area contributed by atoms with Gasteiger partial charge in [-0.25, -0.2) is 0 Å². The lowest BCUT2D eigenvalue weighted by Crippen LogP contribution is -1.98. The largest absolute Gasteiger partial charge is 0.358 e. The third-order valence-corrected chi connectivity index (χ3v) is 2.32. The Hall–Kier alpha value is -0.0700. The number of hydrogen-bond donors (Lipinski definition) is 0. The zero-order chi connectivity index (χ0) is 6.85. The van der Waals surface area contributed by atoms with E-state index >= 15 is 0 Å². The second-order valence-electron chi connectivity index (χ2n) is 1.97. The summed E-state index contributed by atoms with van der Waals surface area (Å²) in [5.74, 6) is 0. The van der Waals surface area contributed by atoms with Crippen LogP contribution in [0.2, 0.25) is 0 Å². The van der Waals surface area contributed by atoms with Crippen LogP contribution in [0, 0.1) is 6.92 Å². The van der Waals surface area contributed by atoms with E-state index in [9.17, 15) is 0 Å². The highest BCUT2D eigenvalue weighted by atomic mass is 32.1. The van der Waals surface area contributed by atoms with Gasteiger partial charge in [0.2, 0.25) is 0 Å². The van der Waals surface area contributed by atoms with E-state index in [0.717, 1.165) is 0 Å². The molecule has 0 aliphatic carbocycles. The Kier molecular flexibility index (Phi) is 2.09. The van der Waals surface area contributed by atoms with Crippen molar-refractivity contribution in [2.45, 2.75) is 6.92 Å². The lowest BCUT2D eigenvalue weighted by Gasteiger charge is -2.09. The van der Waals surface area contributed by atoms with E-state index < -0.39 is 0 Å². The molecule has 1 atom stereocenters. The third-order valence-electron chi connectivity index (χ3n) is 1.21. The van der Waals surface area contributed by atoms with Crippen molar-refractivity contribution in [1.82, 2.24) is 0 Å². The molecule has 0 fully saturated rings. The smallest absolute Gasteiger partial charge is 0.0530 e. The lowest BCUT2D eigenvalue weighted by atomic mass is 10.4. The van der Waals surface area contributed by atoms with Crippen molar-refractivity contribution in [3.63, 3.8) is 0 Å². The number of thiophene rings is 1. The molecule has 1 nitrogen and oxygen atoms in total. The Morgan fingerprint density at radius 1 is 1.67 bits per heavy atom. The molecule has 0 aliphatic rings. The van der Waals surface area contributed by atoms with E-state index in [4.69, 9.17) is 0 Å². The quantitative estimate of drug-likeness (QED) is 0.568. The van der Waals surface area contributed by atoms with Crippen LogP contribution in [0.1, 0.15) is 4.88 Å². The fourth-order valence-electron chi connectivity index (χ4n) is 0.744. The second-order valence-corrected chi connectivity index (χ2v) is 3.87. The average Bonchev–Trinajstić information content (AvgIpc) is 2.13. The highest BCUT2D eigenvalue weighted by molar-refractivity contribution is 7.19. The molecule has 1 unspecified atom stereocenters. The van der Waals surface area contributed by atoms with Gasteiger partial charge in [-0.2, -0.15) is 0 Å². The zero-order valence-electron chi connectivity index (χ0n) is 5.59. The highest BCUT2D eigenvalue weighted by Crippen LogP contribution is 2.25. The molecular formula is C6H10NPS. The summed E-state index contributed by atoms with van der Waals surface area (Å²) >= 11 is 1.78. The van der Waals surface area contributed by atoms with Crippen LogP contribution < -0.4 is 4.67 Å². The molecule has 0 spiro atoms. The van der Waals surface area contributed by atoms with Crippen molar-refractivity contribution in [3.8, 4) is 0 Å². The molecule has 0 bridgehead atoms. The van der Waals surface area contributed by atoms with E-state index in [1.165, 1.54) is 10.6 Å². The molecule has 50 valence electrons. The fraction of sp³-hybridized carbons (Fsp3) is 0.333. The maximum Gasteiger partial charge on any atom is 0.0530 e.